The Balaban J connectivity index is 0.855. The van der Waals surface area contributed by atoms with Crippen LogP contribution in [0.4, 0.5) is 5.69 Å². The van der Waals surface area contributed by atoms with Gasteiger partial charge in [0.25, 0.3) is 11.5 Å². The molecule has 18 heteroatoms. The predicted octanol–water partition coefficient (Wildman–Crippen LogP) is 7.51. The number of carbonyl (C=O) groups is 4. The lowest BCUT2D eigenvalue weighted by molar-refractivity contribution is -0.144. The minimum atomic E-state index is -0.985. The van der Waals surface area contributed by atoms with E-state index in [-0.39, 0.29) is 68.8 Å². The van der Waals surface area contributed by atoms with E-state index in [1.807, 2.05) is 122 Å². The standard InChI is InChI=1S/C59H77N7O10S/c1-10-65(45-20-24-74-25-21-45)50-30-44(29-48(38(50)4)55(69)60-32-49-36(2)28-37(3)62-56(49)70)42-16-18-47(19-17-42)76-23-11-22-73-26-27-75-34-52(68)64-54(59(7,8)9)58(72)66-33-46(67)31-51(66)57(71)63-39(5)41-12-14-43(15-13-41)53-40(6)61-35-77-53/h12-19,28-30,35,39,45-46,51,54,67H,10-11,20-27,31-34H2,1-9H3,(H,60,69)(H,62,70)(H,63,71)(H,64,68)/t39-,46+,51-,54?/m0/s1. The number of nitrogens with one attached hydrogen (secondary N) is 4. The second kappa shape index (κ2) is 26.7. The summed E-state index contributed by atoms with van der Waals surface area (Å²) >= 11 is 1.57. The summed E-state index contributed by atoms with van der Waals surface area (Å²) in [6, 6.07) is 19.7. The predicted molar refractivity (Wildman–Crippen MR) is 299 cm³/mol. The second-order valence-electron chi connectivity index (χ2n) is 21.2. The van der Waals surface area contributed by atoms with E-state index in [1.165, 1.54) is 4.90 Å². The number of amides is 4. The number of ether oxygens (including phenoxy) is 4. The smallest absolute Gasteiger partial charge is 0.253 e. The Morgan fingerprint density at radius 2 is 1.61 bits per heavy atom. The van der Waals surface area contributed by atoms with Crippen LogP contribution in [-0.4, -0.2) is 127 Å². The van der Waals surface area contributed by atoms with E-state index >= 15 is 0 Å². The molecular weight excluding hydrogens is 999 g/mol. The highest BCUT2D eigenvalue weighted by Crippen LogP contribution is 2.35. The number of β-amino-alcohol motifs (C(OH)–C–C–N with tert-alkyl or cyclic N) is 1. The van der Waals surface area contributed by atoms with Crippen LogP contribution in [-0.2, 0) is 35.1 Å². The Labute approximate surface area is 456 Å². The molecule has 0 aliphatic carbocycles. The van der Waals surface area contributed by atoms with Crippen molar-refractivity contribution in [2.45, 2.75) is 125 Å². The van der Waals surface area contributed by atoms with Crippen molar-refractivity contribution < 1.29 is 43.2 Å². The number of hydrogen-bond acceptors (Lipinski definition) is 13. The maximum Gasteiger partial charge on any atom is 0.253 e. The van der Waals surface area contributed by atoms with Crippen LogP contribution in [0, 0.1) is 33.1 Å². The molecule has 4 heterocycles. The van der Waals surface area contributed by atoms with E-state index in [1.54, 1.807) is 11.3 Å². The highest BCUT2D eigenvalue weighted by Gasteiger charge is 2.45. The molecule has 5 aromatic rings. The summed E-state index contributed by atoms with van der Waals surface area (Å²) in [5.74, 6) is -0.885. The molecule has 3 aromatic carbocycles. The zero-order chi connectivity index (χ0) is 55.4. The zero-order valence-electron chi connectivity index (χ0n) is 46.1. The third kappa shape index (κ3) is 15.2. The first kappa shape index (κ1) is 58.2. The Bertz CT molecular complexity index is 2870. The van der Waals surface area contributed by atoms with Crippen molar-refractivity contribution >= 4 is 40.7 Å². The SMILES string of the molecule is CCN(c1cc(-c2ccc(OCCCOCCOCC(=O)NC(C(=O)N3C[C@H](O)C[C@H]3C(=O)N[C@@H](C)c3ccc(-c4scnc4C)cc3)C(C)(C)C)cc2)cc(C(=O)NCc2c(C)cc(C)[nH]c2=O)c1C)C1CCOCC1. The minimum absolute atomic E-state index is 0.0296. The fourth-order valence-corrected chi connectivity index (χ4v) is 10.9. The summed E-state index contributed by atoms with van der Waals surface area (Å²) in [5.41, 5.74) is 10.1. The van der Waals surface area contributed by atoms with Crippen molar-refractivity contribution in [1.29, 1.82) is 0 Å². The summed E-state index contributed by atoms with van der Waals surface area (Å²) in [4.78, 5) is 79.7. The van der Waals surface area contributed by atoms with Gasteiger partial charge in [0, 0.05) is 80.8 Å². The summed E-state index contributed by atoms with van der Waals surface area (Å²) in [6.07, 6.45) is 1.59. The molecule has 17 nitrogen and oxygen atoms in total. The lowest BCUT2D eigenvalue weighted by atomic mass is 9.85. The van der Waals surface area contributed by atoms with Crippen molar-refractivity contribution in [2.24, 2.45) is 5.41 Å². The van der Waals surface area contributed by atoms with Crippen molar-refractivity contribution in [3.63, 3.8) is 0 Å². The number of hydrogen-bond donors (Lipinski definition) is 5. The van der Waals surface area contributed by atoms with E-state index in [9.17, 15) is 29.1 Å². The monoisotopic (exact) mass is 1080 g/mol. The summed E-state index contributed by atoms with van der Waals surface area (Å²) in [5, 5.41) is 19.5. The van der Waals surface area contributed by atoms with Crippen molar-refractivity contribution in [1.82, 2.24) is 30.8 Å². The van der Waals surface area contributed by atoms with Gasteiger partial charge in [-0.3, -0.25) is 24.0 Å². The fourth-order valence-electron chi connectivity index (χ4n) is 10.1. The van der Waals surface area contributed by atoms with Gasteiger partial charge in [0.2, 0.25) is 17.7 Å². The van der Waals surface area contributed by atoms with E-state index in [0.29, 0.717) is 49.7 Å². The number of aryl methyl sites for hydroxylation is 3. The number of pyridine rings is 1. The maximum atomic E-state index is 14.1. The number of benzene rings is 3. The van der Waals surface area contributed by atoms with Crippen molar-refractivity contribution in [3.8, 4) is 27.3 Å². The first-order valence-corrected chi connectivity index (χ1v) is 27.6. The van der Waals surface area contributed by atoms with Gasteiger partial charge in [-0.05, 0) is 124 Å². The molecule has 414 valence electrons. The largest absolute Gasteiger partial charge is 0.494 e. The number of aliphatic hydroxyl groups excluding tert-OH is 1. The lowest BCUT2D eigenvalue weighted by Gasteiger charge is -2.37. The Morgan fingerprint density at radius 3 is 2.27 bits per heavy atom. The molecule has 1 unspecified atom stereocenters. The molecule has 0 radical (unpaired) electrons. The number of nitrogens with zero attached hydrogens (tertiary/aromatic N) is 3. The third-order valence-corrected chi connectivity index (χ3v) is 15.4. The number of aliphatic hydroxyl groups is 1. The topological polar surface area (TPSA) is 214 Å². The summed E-state index contributed by atoms with van der Waals surface area (Å²) < 4.78 is 23.1. The Hall–Kier alpha value is -6.44. The quantitative estimate of drug-likeness (QED) is 0.0402. The van der Waals surface area contributed by atoms with Gasteiger partial charge in [-0.1, -0.05) is 57.2 Å². The fraction of sp³-hybridized carbons (Fsp3) is 0.492. The molecule has 2 aliphatic rings. The van der Waals surface area contributed by atoms with Crippen LogP contribution in [0.15, 0.2) is 77.0 Å². The normalized spacial score (nSPS) is 16.7. The number of anilines is 1. The number of H-pyrrole nitrogens is 1. The van der Waals surface area contributed by atoms with Crippen LogP contribution < -0.4 is 31.1 Å². The van der Waals surface area contributed by atoms with Gasteiger partial charge in [-0.2, -0.15) is 0 Å². The molecule has 2 aliphatic heterocycles. The molecule has 4 amide bonds. The molecule has 2 fully saturated rings. The minimum Gasteiger partial charge on any atom is -0.494 e. The van der Waals surface area contributed by atoms with E-state index in [4.69, 9.17) is 18.9 Å². The van der Waals surface area contributed by atoms with E-state index in [2.05, 4.69) is 43.8 Å². The molecule has 0 spiro atoms. The van der Waals surface area contributed by atoms with Crippen LogP contribution in [0.2, 0.25) is 0 Å². The third-order valence-electron chi connectivity index (χ3n) is 14.4. The molecule has 7 rings (SSSR count). The number of aromatic amines is 1. The maximum absolute atomic E-state index is 14.1. The van der Waals surface area contributed by atoms with Gasteiger partial charge < -0.3 is 54.8 Å². The number of aromatic nitrogens is 2. The van der Waals surface area contributed by atoms with Crippen LogP contribution in [0.1, 0.15) is 110 Å². The first-order chi connectivity index (χ1) is 36.8. The molecular formula is C59H77N7O10S. The van der Waals surface area contributed by atoms with Gasteiger partial charge >= 0.3 is 0 Å². The van der Waals surface area contributed by atoms with E-state index < -0.39 is 35.4 Å². The Morgan fingerprint density at radius 1 is 0.909 bits per heavy atom. The first-order valence-electron chi connectivity index (χ1n) is 26.8. The van der Waals surface area contributed by atoms with E-state index in [0.717, 1.165) is 74.7 Å². The number of thiazole rings is 1. The second-order valence-corrected chi connectivity index (χ2v) is 22.1. The van der Waals surface area contributed by atoms with Gasteiger partial charge in [-0.15, -0.1) is 11.3 Å². The molecule has 5 N–H and O–H groups in total. The molecule has 0 saturated carbocycles. The summed E-state index contributed by atoms with van der Waals surface area (Å²) in [6.45, 7) is 20.3. The van der Waals surface area contributed by atoms with Crippen LogP contribution in [0.3, 0.4) is 0 Å². The molecule has 2 saturated heterocycles. The molecule has 77 heavy (non-hydrogen) atoms. The zero-order valence-corrected chi connectivity index (χ0v) is 46.9. The van der Waals surface area contributed by atoms with Gasteiger partial charge in [-0.25, -0.2) is 4.98 Å². The molecule has 4 atom stereocenters. The van der Waals surface area contributed by atoms with Gasteiger partial charge in [0.1, 0.15) is 24.4 Å². The molecule has 0 bridgehead atoms. The summed E-state index contributed by atoms with van der Waals surface area (Å²) in [7, 11) is 0. The molecule has 2 aromatic heterocycles. The van der Waals surface area contributed by atoms with Gasteiger partial charge in [0.15, 0.2) is 0 Å². The van der Waals surface area contributed by atoms with Gasteiger partial charge in [0.05, 0.1) is 48.0 Å². The van der Waals surface area contributed by atoms with Crippen LogP contribution in [0.25, 0.3) is 21.6 Å². The number of rotatable bonds is 23. The van der Waals surface area contributed by atoms with Crippen LogP contribution in [0.5, 0.6) is 5.75 Å². The highest BCUT2D eigenvalue weighted by molar-refractivity contribution is 7.13. The lowest BCUT2D eigenvalue weighted by Crippen LogP contribution is -2.58. The highest BCUT2D eigenvalue weighted by atomic mass is 32.1. The number of likely N-dealkylation sites (tertiary alicyclic amines) is 1. The van der Waals surface area contributed by atoms with Crippen LogP contribution >= 0.6 is 11.3 Å². The average molecular weight is 1080 g/mol. The Kier molecular flexibility index (Phi) is 20.2. The van der Waals surface area contributed by atoms with Crippen molar-refractivity contribution in [2.75, 3.05) is 64.2 Å². The van der Waals surface area contributed by atoms with Crippen molar-refractivity contribution in [3.05, 3.63) is 122 Å². The average Bonchev–Trinajstić information content (AvgIpc) is 4.03. The number of carbonyl (C=O) groups excluding carboxylic acids is 4.